The van der Waals surface area contributed by atoms with Gasteiger partial charge in [0, 0.05) is 5.69 Å². The molecule has 0 bridgehead atoms. The average molecular weight is 372 g/mol. The number of nitrogens with one attached hydrogen (secondary N) is 1. The van der Waals surface area contributed by atoms with Crippen LogP contribution < -0.4 is 5.32 Å². The topological polar surface area (TPSA) is 24.4 Å². The third-order valence-corrected chi connectivity index (χ3v) is 5.43. The number of nitrogens with zero attached hydrogens (tertiary/aromatic N) is 1. The lowest BCUT2D eigenvalue weighted by Gasteiger charge is -2.29. The molecule has 0 amide bonds. The van der Waals surface area contributed by atoms with Crippen LogP contribution in [-0.2, 0) is 12.8 Å². The lowest BCUT2D eigenvalue weighted by atomic mass is 9.85. The van der Waals surface area contributed by atoms with Crippen LogP contribution in [0, 0.1) is 5.92 Å². The first-order valence-corrected chi connectivity index (χ1v) is 10.2. The summed E-state index contributed by atoms with van der Waals surface area (Å²) in [4.78, 5) is 4.63. The van der Waals surface area contributed by atoms with Crippen LogP contribution in [0.3, 0.4) is 0 Å². The number of anilines is 1. The highest BCUT2D eigenvalue weighted by atomic mass is 32.2. The van der Waals surface area contributed by atoms with E-state index in [-0.39, 0.29) is 18.9 Å². The maximum atomic E-state index is 13.0. The average Bonchev–Trinajstić information content (AvgIpc) is 2.60. The number of aryl methyl sites for hydroxylation is 2. The molecule has 2 rings (SSSR count). The minimum Gasteiger partial charge on any atom is -0.335 e. The van der Waals surface area contributed by atoms with Gasteiger partial charge >= 0.3 is 6.18 Å². The molecule has 0 spiro atoms. The highest BCUT2D eigenvalue weighted by Gasteiger charge is 2.42. The normalized spacial score (nSPS) is 22.1. The fourth-order valence-corrected chi connectivity index (χ4v) is 3.85. The van der Waals surface area contributed by atoms with Crippen LogP contribution >= 0.6 is 11.8 Å². The van der Waals surface area contributed by atoms with Gasteiger partial charge in [-0.25, -0.2) is 0 Å². The number of halogens is 3. The summed E-state index contributed by atoms with van der Waals surface area (Å²) in [5, 5.41) is 4.11. The maximum absolute atomic E-state index is 13.0. The van der Waals surface area contributed by atoms with E-state index in [0.717, 1.165) is 24.9 Å². The van der Waals surface area contributed by atoms with E-state index in [1.807, 2.05) is 12.3 Å². The van der Waals surface area contributed by atoms with Crippen molar-refractivity contribution in [1.82, 2.24) is 0 Å². The van der Waals surface area contributed by atoms with Crippen molar-refractivity contribution in [3.63, 3.8) is 0 Å². The Kier molecular flexibility index (Phi) is 7.23. The number of benzene rings is 1. The minimum atomic E-state index is -4.11. The maximum Gasteiger partial charge on any atom is 0.391 e. The quantitative estimate of drug-likeness (QED) is 0.513. The molecule has 2 nitrogen and oxygen atoms in total. The Morgan fingerprint density at radius 3 is 2.36 bits per heavy atom. The predicted molar refractivity (Wildman–Crippen MR) is 102 cm³/mol. The van der Waals surface area contributed by atoms with Crippen LogP contribution in [0.25, 0.3) is 0 Å². The van der Waals surface area contributed by atoms with E-state index >= 15 is 0 Å². The van der Waals surface area contributed by atoms with Gasteiger partial charge in [0.1, 0.15) is 0 Å². The molecule has 0 heterocycles. The SMILES string of the molecule is CCc1cccc(CC)c1NC(=NC1CCCC(C(F)(F)F)C1)SC. The second kappa shape index (κ2) is 8.97. The number of thioether (sulfide) groups is 1. The van der Waals surface area contributed by atoms with Crippen LogP contribution in [0.5, 0.6) is 0 Å². The molecule has 1 aliphatic carbocycles. The largest absolute Gasteiger partial charge is 0.391 e. The monoisotopic (exact) mass is 372 g/mol. The van der Waals surface area contributed by atoms with E-state index < -0.39 is 12.1 Å². The molecule has 2 unspecified atom stereocenters. The summed E-state index contributed by atoms with van der Waals surface area (Å²) in [5.74, 6) is -1.22. The molecule has 0 aliphatic heterocycles. The number of amidine groups is 1. The fraction of sp³-hybridized carbons (Fsp3) is 0.632. The third kappa shape index (κ3) is 5.40. The zero-order chi connectivity index (χ0) is 18.4. The van der Waals surface area contributed by atoms with Crippen molar-refractivity contribution in [3.05, 3.63) is 29.3 Å². The Morgan fingerprint density at radius 1 is 1.20 bits per heavy atom. The zero-order valence-electron chi connectivity index (χ0n) is 15.1. The van der Waals surface area contributed by atoms with Gasteiger partial charge in [-0.2, -0.15) is 13.2 Å². The van der Waals surface area contributed by atoms with Gasteiger partial charge in [-0.05, 0) is 49.5 Å². The molecule has 25 heavy (non-hydrogen) atoms. The van der Waals surface area contributed by atoms with Crippen LogP contribution in [0.15, 0.2) is 23.2 Å². The Balaban J connectivity index is 2.19. The van der Waals surface area contributed by atoms with Crippen LogP contribution in [0.4, 0.5) is 18.9 Å². The van der Waals surface area contributed by atoms with E-state index in [2.05, 4.69) is 36.3 Å². The molecule has 1 N–H and O–H groups in total. The van der Waals surface area contributed by atoms with Crippen molar-refractivity contribution < 1.29 is 13.2 Å². The zero-order valence-corrected chi connectivity index (χ0v) is 15.9. The summed E-state index contributed by atoms with van der Waals surface area (Å²) in [6.07, 6.45) is 1.26. The second-order valence-electron chi connectivity index (χ2n) is 6.48. The summed E-state index contributed by atoms with van der Waals surface area (Å²) in [6.45, 7) is 4.20. The van der Waals surface area contributed by atoms with Crippen LogP contribution in [0.2, 0.25) is 0 Å². The van der Waals surface area contributed by atoms with Gasteiger partial charge in [-0.1, -0.05) is 50.2 Å². The van der Waals surface area contributed by atoms with E-state index in [1.54, 1.807) is 0 Å². The Morgan fingerprint density at radius 2 is 1.84 bits per heavy atom. The fourth-order valence-electron chi connectivity index (χ4n) is 3.39. The van der Waals surface area contributed by atoms with Crippen molar-refractivity contribution in [1.29, 1.82) is 0 Å². The van der Waals surface area contributed by atoms with Gasteiger partial charge in [0.05, 0.1) is 12.0 Å². The number of rotatable bonds is 4. The van der Waals surface area contributed by atoms with E-state index in [4.69, 9.17) is 0 Å². The summed E-state index contributed by atoms with van der Waals surface area (Å²) in [6, 6.07) is 5.96. The van der Waals surface area contributed by atoms with E-state index in [9.17, 15) is 13.2 Å². The van der Waals surface area contributed by atoms with Crippen LogP contribution in [0.1, 0.15) is 50.7 Å². The number of para-hydroxylation sites is 1. The Hall–Kier alpha value is -1.17. The Labute approximate surface area is 152 Å². The lowest BCUT2D eigenvalue weighted by Crippen LogP contribution is -2.31. The smallest absolute Gasteiger partial charge is 0.335 e. The molecular formula is C19H27F3N2S. The van der Waals surface area contributed by atoms with E-state index in [0.29, 0.717) is 11.6 Å². The van der Waals surface area contributed by atoms with Crippen molar-refractivity contribution in [2.24, 2.45) is 10.9 Å². The molecule has 140 valence electrons. The standard InChI is InChI=1S/C19H27F3N2S/c1-4-13-8-6-9-14(5-2)17(13)24-18(25-3)23-16-11-7-10-15(12-16)19(20,21)22/h6,8-9,15-16H,4-5,7,10-12H2,1-3H3,(H,23,24). The first-order valence-electron chi connectivity index (χ1n) is 8.95. The summed E-state index contributed by atoms with van der Waals surface area (Å²) < 4.78 is 39.0. The van der Waals surface area contributed by atoms with E-state index in [1.165, 1.54) is 22.9 Å². The molecule has 2 atom stereocenters. The summed E-state index contributed by atoms with van der Waals surface area (Å²) in [5.41, 5.74) is 3.47. The Bertz CT molecular complexity index is 577. The van der Waals surface area contributed by atoms with Gasteiger partial charge in [-0.15, -0.1) is 0 Å². The van der Waals surface area contributed by atoms with Crippen LogP contribution in [-0.4, -0.2) is 23.6 Å². The number of hydrogen-bond donors (Lipinski definition) is 1. The molecular weight excluding hydrogens is 345 g/mol. The van der Waals surface area contributed by atoms with Gasteiger partial charge in [0.15, 0.2) is 5.17 Å². The number of alkyl halides is 3. The van der Waals surface area contributed by atoms with Gasteiger partial charge in [0.25, 0.3) is 0 Å². The minimum absolute atomic E-state index is 0.102. The van der Waals surface area contributed by atoms with Gasteiger partial charge < -0.3 is 5.32 Å². The molecule has 1 aliphatic rings. The molecule has 0 aromatic heterocycles. The second-order valence-corrected chi connectivity index (χ2v) is 7.28. The summed E-state index contributed by atoms with van der Waals surface area (Å²) >= 11 is 1.46. The van der Waals surface area contributed by atoms with Gasteiger partial charge in [0.2, 0.25) is 0 Å². The molecule has 1 saturated carbocycles. The molecule has 0 saturated heterocycles. The molecule has 1 aromatic rings. The molecule has 1 aromatic carbocycles. The molecule has 6 heteroatoms. The van der Waals surface area contributed by atoms with Crippen molar-refractivity contribution in [2.75, 3.05) is 11.6 Å². The number of aliphatic imine (C=N–C) groups is 1. The van der Waals surface area contributed by atoms with Gasteiger partial charge in [-0.3, -0.25) is 4.99 Å². The number of hydrogen-bond acceptors (Lipinski definition) is 2. The lowest BCUT2D eigenvalue weighted by molar-refractivity contribution is -0.182. The van der Waals surface area contributed by atoms with Crippen molar-refractivity contribution >= 4 is 22.6 Å². The summed E-state index contributed by atoms with van der Waals surface area (Å²) in [7, 11) is 0. The van der Waals surface area contributed by atoms with Crippen molar-refractivity contribution in [2.45, 2.75) is 64.6 Å². The molecule has 0 radical (unpaired) electrons. The highest BCUT2D eigenvalue weighted by Crippen LogP contribution is 2.38. The molecule has 1 fully saturated rings. The first-order chi connectivity index (χ1) is 11.9. The first kappa shape index (κ1) is 20.1. The third-order valence-electron chi connectivity index (χ3n) is 4.83. The predicted octanol–water partition coefficient (Wildman–Crippen LogP) is 6.06. The highest BCUT2D eigenvalue weighted by molar-refractivity contribution is 8.13. The van der Waals surface area contributed by atoms with Crippen molar-refractivity contribution in [3.8, 4) is 0 Å².